The van der Waals surface area contributed by atoms with Crippen LogP contribution in [-0.2, 0) is 5.41 Å². The molecular formula is C20H25N. The van der Waals surface area contributed by atoms with E-state index in [1.807, 2.05) is 0 Å². The quantitative estimate of drug-likeness (QED) is 0.774. The molecule has 0 radical (unpaired) electrons. The van der Waals surface area contributed by atoms with Gasteiger partial charge in [0, 0.05) is 5.69 Å². The fourth-order valence-electron chi connectivity index (χ4n) is 2.99. The van der Waals surface area contributed by atoms with Crippen molar-refractivity contribution in [2.45, 2.75) is 45.1 Å². The van der Waals surface area contributed by atoms with E-state index in [1.165, 1.54) is 29.7 Å². The molecule has 0 aromatic heterocycles. The summed E-state index contributed by atoms with van der Waals surface area (Å²) in [6.45, 7) is 6.84. The highest BCUT2D eigenvalue weighted by Crippen LogP contribution is 2.44. The van der Waals surface area contributed by atoms with E-state index in [1.54, 1.807) is 0 Å². The first-order valence-electron chi connectivity index (χ1n) is 7.97. The van der Waals surface area contributed by atoms with Crippen molar-refractivity contribution in [1.29, 1.82) is 0 Å². The molecule has 0 bridgehead atoms. The van der Waals surface area contributed by atoms with Crippen LogP contribution in [0.2, 0.25) is 0 Å². The molecule has 1 heteroatoms. The Morgan fingerprint density at radius 2 is 1.52 bits per heavy atom. The van der Waals surface area contributed by atoms with E-state index in [0.29, 0.717) is 6.04 Å². The zero-order valence-corrected chi connectivity index (χ0v) is 13.3. The van der Waals surface area contributed by atoms with Crippen molar-refractivity contribution in [3.63, 3.8) is 0 Å². The van der Waals surface area contributed by atoms with E-state index in [4.69, 9.17) is 0 Å². The van der Waals surface area contributed by atoms with Crippen LogP contribution >= 0.6 is 0 Å². The number of hydrogen-bond acceptors (Lipinski definition) is 1. The van der Waals surface area contributed by atoms with Crippen molar-refractivity contribution in [2.75, 3.05) is 5.32 Å². The van der Waals surface area contributed by atoms with Gasteiger partial charge in [0.05, 0.1) is 6.04 Å². The molecule has 1 fully saturated rings. The van der Waals surface area contributed by atoms with Crippen molar-refractivity contribution in [1.82, 2.24) is 0 Å². The van der Waals surface area contributed by atoms with Gasteiger partial charge in [-0.15, -0.1) is 0 Å². The first kappa shape index (κ1) is 14.2. The number of hydrogen-bond donors (Lipinski definition) is 1. The molecule has 3 rings (SSSR count). The summed E-state index contributed by atoms with van der Waals surface area (Å²) in [5, 5.41) is 3.83. The van der Waals surface area contributed by atoms with Gasteiger partial charge >= 0.3 is 0 Å². The Balaban J connectivity index is 1.91. The standard InChI is InChI=1S/C20H25N/c1-20(2,3)17-11-7-8-12-18(17)21-19(16-13-14-16)15-9-5-4-6-10-15/h4-12,16,19,21H,13-14H2,1-3H3. The molecule has 110 valence electrons. The van der Waals surface area contributed by atoms with Crippen LogP contribution in [0.25, 0.3) is 0 Å². The van der Waals surface area contributed by atoms with Crippen LogP contribution < -0.4 is 5.32 Å². The fourth-order valence-corrected chi connectivity index (χ4v) is 2.99. The minimum atomic E-state index is 0.161. The van der Waals surface area contributed by atoms with E-state index in [-0.39, 0.29) is 5.41 Å². The van der Waals surface area contributed by atoms with Gasteiger partial charge in [-0.25, -0.2) is 0 Å². The summed E-state index contributed by atoms with van der Waals surface area (Å²) in [6.07, 6.45) is 2.68. The predicted octanol–water partition coefficient (Wildman–Crippen LogP) is 5.55. The smallest absolute Gasteiger partial charge is 0.0542 e. The Morgan fingerprint density at radius 1 is 0.905 bits per heavy atom. The lowest BCUT2D eigenvalue weighted by Gasteiger charge is -2.27. The zero-order valence-electron chi connectivity index (χ0n) is 13.3. The van der Waals surface area contributed by atoms with Gasteiger partial charge in [-0.05, 0) is 41.4 Å². The molecule has 1 N–H and O–H groups in total. The van der Waals surface area contributed by atoms with Gasteiger partial charge in [-0.3, -0.25) is 0 Å². The second kappa shape index (κ2) is 5.55. The molecule has 0 spiro atoms. The van der Waals surface area contributed by atoms with Crippen molar-refractivity contribution in [2.24, 2.45) is 5.92 Å². The summed E-state index contributed by atoms with van der Waals surface area (Å²) in [5.74, 6) is 0.778. The Kier molecular flexibility index (Phi) is 3.75. The van der Waals surface area contributed by atoms with Crippen molar-refractivity contribution >= 4 is 5.69 Å². The van der Waals surface area contributed by atoms with E-state index in [2.05, 4.69) is 80.7 Å². The van der Waals surface area contributed by atoms with Gasteiger partial charge in [0.2, 0.25) is 0 Å². The van der Waals surface area contributed by atoms with E-state index in [0.717, 1.165) is 5.92 Å². The molecule has 2 aromatic rings. The maximum Gasteiger partial charge on any atom is 0.0542 e. The molecular weight excluding hydrogens is 254 g/mol. The van der Waals surface area contributed by atoms with Gasteiger partial charge in [0.15, 0.2) is 0 Å². The second-order valence-corrected chi connectivity index (χ2v) is 7.17. The molecule has 1 nitrogen and oxygen atoms in total. The molecule has 1 saturated carbocycles. The van der Waals surface area contributed by atoms with Gasteiger partial charge in [-0.1, -0.05) is 69.3 Å². The third kappa shape index (κ3) is 3.29. The summed E-state index contributed by atoms with van der Waals surface area (Å²) >= 11 is 0. The lowest BCUT2D eigenvalue weighted by atomic mass is 9.85. The predicted molar refractivity (Wildman–Crippen MR) is 90.7 cm³/mol. The molecule has 0 amide bonds. The largest absolute Gasteiger partial charge is 0.378 e. The molecule has 2 aromatic carbocycles. The van der Waals surface area contributed by atoms with E-state index >= 15 is 0 Å². The monoisotopic (exact) mass is 279 g/mol. The average molecular weight is 279 g/mol. The normalized spacial score (nSPS) is 16.5. The number of rotatable bonds is 4. The number of benzene rings is 2. The summed E-state index contributed by atoms with van der Waals surface area (Å²) in [5.41, 5.74) is 4.25. The molecule has 1 unspecified atom stereocenters. The Morgan fingerprint density at radius 3 is 2.14 bits per heavy atom. The Bertz CT molecular complexity index is 591. The van der Waals surface area contributed by atoms with Crippen molar-refractivity contribution in [3.05, 3.63) is 65.7 Å². The minimum absolute atomic E-state index is 0.161. The summed E-state index contributed by atoms with van der Waals surface area (Å²) in [7, 11) is 0. The highest BCUT2D eigenvalue weighted by molar-refractivity contribution is 5.55. The van der Waals surface area contributed by atoms with E-state index in [9.17, 15) is 0 Å². The number of anilines is 1. The third-order valence-electron chi connectivity index (χ3n) is 4.30. The van der Waals surface area contributed by atoms with Gasteiger partial charge in [0.25, 0.3) is 0 Å². The van der Waals surface area contributed by atoms with Crippen LogP contribution in [0.4, 0.5) is 5.69 Å². The summed E-state index contributed by atoms with van der Waals surface area (Å²) in [4.78, 5) is 0. The molecule has 1 aliphatic carbocycles. The first-order valence-corrected chi connectivity index (χ1v) is 7.97. The molecule has 0 aliphatic heterocycles. The van der Waals surface area contributed by atoms with Crippen LogP contribution in [0.3, 0.4) is 0 Å². The van der Waals surface area contributed by atoms with Crippen LogP contribution in [-0.4, -0.2) is 0 Å². The lowest BCUT2D eigenvalue weighted by Crippen LogP contribution is -2.18. The van der Waals surface area contributed by atoms with E-state index < -0.39 is 0 Å². The highest BCUT2D eigenvalue weighted by Gasteiger charge is 2.33. The topological polar surface area (TPSA) is 12.0 Å². The summed E-state index contributed by atoms with van der Waals surface area (Å²) < 4.78 is 0. The Labute approximate surface area is 128 Å². The molecule has 1 aliphatic rings. The van der Waals surface area contributed by atoms with Gasteiger partial charge in [-0.2, -0.15) is 0 Å². The average Bonchev–Trinajstić information content (AvgIpc) is 3.30. The summed E-state index contributed by atoms with van der Waals surface area (Å²) in [6, 6.07) is 20.0. The second-order valence-electron chi connectivity index (χ2n) is 7.17. The zero-order chi connectivity index (χ0) is 14.9. The lowest BCUT2D eigenvalue weighted by molar-refractivity contribution is 0.587. The molecule has 0 saturated heterocycles. The minimum Gasteiger partial charge on any atom is -0.378 e. The Hall–Kier alpha value is -1.76. The number of para-hydroxylation sites is 1. The molecule has 0 heterocycles. The third-order valence-corrected chi connectivity index (χ3v) is 4.30. The van der Waals surface area contributed by atoms with Crippen molar-refractivity contribution in [3.8, 4) is 0 Å². The number of nitrogens with one attached hydrogen (secondary N) is 1. The van der Waals surface area contributed by atoms with Crippen LogP contribution in [0.5, 0.6) is 0 Å². The SMILES string of the molecule is CC(C)(C)c1ccccc1NC(c1ccccc1)C1CC1. The fraction of sp³-hybridized carbons (Fsp3) is 0.400. The van der Waals surface area contributed by atoms with Gasteiger partial charge < -0.3 is 5.32 Å². The first-order chi connectivity index (χ1) is 10.1. The van der Waals surface area contributed by atoms with Crippen LogP contribution in [0.15, 0.2) is 54.6 Å². The van der Waals surface area contributed by atoms with Crippen LogP contribution in [0.1, 0.15) is 50.8 Å². The van der Waals surface area contributed by atoms with Crippen molar-refractivity contribution < 1.29 is 0 Å². The molecule has 1 atom stereocenters. The highest BCUT2D eigenvalue weighted by atomic mass is 14.9. The molecule has 21 heavy (non-hydrogen) atoms. The van der Waals surface area contributed by atoms with Crippen LogP contribution in [0, 0.1) is 5.92 Å². The van der Waals surface area contributed by atoms with Gasteiger partial charge in [0.1, 0.15) is 0 Å². The maximum absolute atomic E-state index is 3.83. The maximum atomic E-state index is 3.83.